The van der Waals surface area contributed by atoms with E-state index in [2.05, 4.69) is 280 Å². The van der Waals surface area contributed by atoms with Crippen LogP contribution in [0.4, 0.5) is 34.1 Å². The fourth-order valence-corrected chi connectivity index (χ4v) is 12.2. The Morgan fingerprint density at radius 3 is 1.07 bits per heavy atom. The van der Waals surface area contributed by atoms with Crippen LogP contribution in [-0.4, -0.2) is 15.8 Å². The molecule has 0 bridgehead atoms. The third-order valence-corrected chi connectivity index (χ3v) is 15.1. The number of hydrogen-bond acceptors (Lipinski definition) is 2. The molecular weight excluding hydrogens is 860 g/mol. The van der Waals surface area contributed by atoms with Crippen LogP contribution in [0.2, 0.25) is 0 Å². The molecule has 0 amide bonds. The first kappa shape index (κ1) is 39.7. The maximum Gasteiger partial charge on any atom is 0.252 e. The van der Waals surface area contributed by atoms with E-state index in [1.54, 1.807) is 0 Å². The zero-order valence-electron chi connectivity index (χ0n) is 38.7. The third kappa shape index (κ3) is 5.87. The van der Waals surface area contributed by atoms with Gasteiger partial charge in [-0.2, -0.15) is 0 Å². The van der Waals surface area contributed by atoms with Gasteiger partial charge < -0.3 is 18.9 Å². The Morgan fingerprint density at radius 2 is 0.634 bits per heavy atom. The normalized spacial score (nSPS) is 12.7. The maximum atomic E-state index is 2.53. The fraction of sp³-hybridized carbons (Fsp3) is 0. The van der Waals surface area contributed by atoms with E-state index < -0.39 is 0 Å². The van der Waals surface area contributed by atoms with Gasteiger partial charge in [0.25, 0.3) is 6.71 Å². The van der Waals surface area contributed by atoms with Crippen molar-refractivity contribution in [1.82, 2.24) is 9.13 Å². The number of rotatable bonds is 6. The van der Waals surface area contributed by atoms with Crippen molar-refractivity contribution in [2.75, 3.05) is 9.80 Å². The minimum Gasteiger partial charge on any atom is -0.311 e. The van der Waals surface area contributed by atoms with Gasteiger partial charge in [0.1, 0.15) is 0 Å². The lowest BCUT2D eigenvalue weighted by Gasteiger charge is -2.45. The molecule has 2 aliphatic rings. The Morgan fingerprint density at radius 1 is 0.268 bits per heavy atom. The van der Waals surface area contributed by atoms with Crippen LogP contribution in [0.3, 0.4) is 0 Å². The third-order valence-electron chi connectivity index (χ3n) is 15.1. The first-order valence-electron chi connectivity index (χ1n) is 24.6. The van der Waals surface area contributed by atoms with Crippen molar-refractivity contribution in [3.63, 3.8) is 0 Å². The van der Waals surface area contributed by atoms with E-state index >= 15 is 0 Å². The molecule has 0 radical (unpaired) electrons. The van der Waals surface area contributed by atoms with E-state index in [0.717, 1.165) is 22.7 Å². The van der Waals surface area contributed by atoms with E-state index in [-0.39, 0.29) is 6.71 Å². The largest absolute Gasteiger partial charge is 0.311 e. The van der Waals surface area contributed by atoms with Crippen LogP contribution in [0.1, 0.15) is 0 Å². The van der Waals surface area contributed by atoms with Gasteiger partial charge in [0.05, 0.1) is 22.1 Å². The van der Waals surface area contributed by atoms with Gasteiger partial charge in [-0.1, -0.05) is 176 Å². The molecule has 0 fully saturated rings. The van der Waals surface area contributed by atoms with Gasteiger partial charge in [-0.3, -0.25) is 0 Å². The maximum absolute atomic E-state index is 2.53. The predicted molar refractivity (Wildman–Crippen MR) is 300 cm³/mol. The van der Waals surface area contributed by atoms with Gasteiger partial charge >= 0.3 is 0 Å². The second kappa shape index (κ2) is 15.6. The van der Waals surface area contributed by atoms with Gasteiger partial charge in [0.2, 0.25) is 0 Å². The second-order valence-corrected chi connectivity index (χ2v) is 18.8. The van der Waals surface area contributed by atoms with Crippen LogP contribution in [0.25, 0.3) is 77.2 Å². The van der Waals surface area contributed by atoms with Crippen LogP contribution in [0.5, 0.6) is 0 Å². The van der Waals surface area contributed by atoms with Crippen LogP contribution in [-0.2, 0) is 0 Å². The standard InChI is InChI=1S/C66H43BN4/c1-5-20-46(21-6-1)68-58-34-15-13-28-52(58)54-40-38-44(42-62(54)68)50-30-17-32-56-65(50)70(48-24-9-3-10-25-48)60-36-19-37-61-64(60)67(56)57-33-18-31-51(66(57)71(61)49-26-11-4-12-27-49)45-39-41-55-53-29-14-16-35-59(53)69(63(55)43-45)47-22-7-2-8-23-47/h1-43H. The van der Waals surface area contributed by atoms with Crippen LogP contribution in [0, 0.1) is 0 Å². The van der Waals surface area contributed by atoms with Gasteiger partial charge in [0.15, 0.2) is 0 Å². The van der Waals surface area contributed by atoms with E-state index in [4.69, 9.17) is 0 Å². The molecule has 4 nitrogen and oxygen atoms in total. The number of fused-ring (bicyclic) bond motifs is 10. The lowest BCUT2D eigenvalue weighted by Crippen LogP contribution is -2.61. The van der Waals surface area contributed by atoms with Gasteiger partial charge in [-0.05, 0) is 112 Å². The molecule has 0 atom stereocenters. The summed E-state index contributed by atoms with van der Waals surface area (Å²) >= 11 is 0. The quantitative estimate of drug-likeness (QED) is 0.155. The number of para-hydroxylation sites is 8. The topological polar surface area (TPSA) is 16.3 Å². The molecule has 0 spiro atoms. The van der Waals surface area contributed by atoms with Crippen LogP contribution < -0.4 is 26.2 Å². The van der Waals surface area contributed by atoms with Gasteiger partial charge in [-0.25, -0.2) is 0 Å². The summed E-state index contributed by atoms with van der Waals surface area (Å²) in [7, 11) is 0. The average Bonchev–Trinajstić information content (AvgIpc) is 3.96. The van der Waals surface area contributed by atoms with E-state index in [1.165, 1.54) is 105 Å². The minimum atomic E-state index is -0.0648. The summed E-state index contributed by atoms with van der Waals surface area (Å²) in [5.41, 5.74) is 22.7. The van der Waals surface area contributed by atoms with Crippen molar-refractivity contribution in [3.05, 3.63) is 261 Å². The zero-order chi connectivity index (χ0) is 46.6. The monoisotopic (exact) mass is 902 g/mol. The molecule has 5 heteroatoms. The molecule has 2 aromatic heterocycles. The highest BCUT2D eigenvalue weighted by Gasteiger charge is 2.44. The Labute approximate surface area is 412 Å². The summed E-state index contributed by atoms with van der Waals surface area (Å²) in [6.07, 6.45) is 0. The summed E-state index contributed by atoms with van der Waals surface area (Å²) in [5.74, 6) is 0. The lowest BCUT2D eigenvalue weighted by molar-refractivity contribution is 1.18. The highest BCUT2D eigenvalue weighted by Crippen LogP contribution is 2.49. The fourth-order valence-electron chi connectivity index (χ4n) is 12.2. The molecule has 13 aromatic rings. The Balaban J connectivity index is 1.00. The van der Waals surface area contributed by atoms with Crippen molar-refractivity contribution in [1.29, 1.82) is 0 Å². The SMILES string of the molecule is c1ccc(N2c3cccc4c3B(c3cccc(-c5ccc6c7ccccc7n(-c7ccccc7)c6c5)c32)c2cccc(-c3ccc5c6ccccc6n(-c6ccccc6)c5c3)c2N4c2ccccc2)cc1. The number of benzene rings is 11. The molecule has 0 saturated heterocycles. The molecule has 0 aliphatic carbocycles. The molecule has 71 heavy (non-hydrogen) atoms. The number of hydrogen-bond donors (Lipinski definition) is 0. The number of aromatic nitrogens is 2. The first-order chi connectivity index (χ1) is 35.3. The Hall–Kier alpha value is -9.32. The summed E-state index contributed by atoms with van der Waals surface area (Å²) in [4.78, 5) is 5.07. The molecule has 4 heterocycles. The first-order valence-corrected chi connectivity index (χ1v) is 24.6. The lowest BCUT2D eigenvalue weighted by atomic mass is 9.33. The van der Waals surface area contributed by atoms with Crippen molar-refractivity contribution in [2.24, 2.45) is 0 Å². The smallest absolute Gasteiger partial charge is 0.252 e. The van der Waals surface area contributed by atoms with Crippen LogP contribution >= 0.6 is 0 Å². The summed E-state index contributed by atoms with van der Waals surface area (Å²) in [5, 5.41) is 4.98. The highest BCUT2D eigenvalue weighted by molar-refractivity contribution is 7.00. The van der Waals surface area contributed by atoms with E-state index in [9.17, 15) is 0 Å². The molecule has 0 unspecified atom stereocenters. The summed E-state index contributed by atoms with van der Waals surface area (Å²) < 4.78 is 4.85. The van der Waals surface area contributed by atoms with E-state index in [1.807, 2.05) is 0 Å². The molecule has 0 saturated carbocycles. The zero-order valence-corrected chi connectivity index (χ0v) is 38.7. The minimum absolute atomic E-state index is 0.0648. The molecule has 330 valence electrons. The Bertz CT molecular complexity index is 3970. The number of anilines is 6. The van der Waals surface area contributed by atoms with Crippen molar-refractivity contribution in [3.8, 4) is 33.6 Å². The van der Waals surface area contributed by atoms with Crippen LogP contribution in [0.15, 0.2) is 261 Å². The summed E-state index contributed by atoms with van der Waals surface area (Å²) in [6, 6.07) is 96.2. The van der Waals surface area contributed by atoms with Gasteiger partial charge in [-0.15, -0.1) is 0 Å². The van der Waals surface area contributed by atoms with Crippen molar-refractivity contribution < 1.29 is 0 Å². The molecule has 2 aliphatic heterocycles. The van der Waals surface area contributed by atoms with Gasteiger partial charge in [0, 0.05) is 78.2 Å². The number of nitrogens with zero attached hydrogens (tertiary/aromatic N) is 4. The molecule has 0 N–H and O–H groups in total. The average molecular weight is 903 g/mol. The molecule has 11 aromatic carbocycles. The molecular formula is C66H43BN4. The predicted octanol–water partition coefficient (Wildman–Crippen LogP) is 15.3. The summed E-state index contributed by atoms with van der Waals surface area (Å²) in [6.45, 7) is -0.0648. The Kier molecular flexibility index (Phi) is 8.72. The van der Waals surface area contributed by atoms with Crippen molar-refractivity contribution >= 4 is 101 Å². The molecule has 15 rings (SSSR count). The highest BCUT2D eigenvalue weighted by atomic mass is 15.2. The second-order valence-electron chi connectivity index (χ2n) is 18.8. The van der Waals surface area contributed by atoms with E-state index in [0.29, 0.717) is 0 Å². The van der Waals surface area contributed by atoms with Crippen molar-refractivity contribution in [2.45, 2.75) is 0 Å².